The maximum absolute atomic E-state index is 12.4. The van der Waals surface area contributed by atoms with Crippen LogP contribution in [0.2, 0.25) is 0 Å². The van der Waals surface area contributed by atoms with Crippen LogP contribution < -0.4 is 0 Å². The van der Waals surface area contributed by atoms with Crippen molar-refractivity contribution in [1.29, 1.82) is 0 Å². The molecule has 4 nitrogen and oxygen atoms in total. The fraction of sp³-hybridized carbons (Fsp3) is 0.857. The van der Waals surface area contributed by atoms with Gasteiger partial charge >= 0.3 is 5.97 Å². The molecule has 4 heteroatoms. The van der Waals surface area contributed by atoms with Crippen LogP contribution in [0, 0.1) is 5.41 Å². The molecule has 0 atom stereocenters. The number of carbonyl (C=O) groups is 2. The summed E-state index contributed by atoms with van der Waals surface area (Å²) in [4.78, 5) is 25.3. The summed E-state index contributed by atoms with van der Waals surface area (Å²) in [5, 5.41) is 0. The van der Waals surface area contributed by atoms with Crippen molar-refractivity contribution in [2.24, 2.45) is 5.41 Å². The van der Waals surface area contributed by atoms with Gasteiger partial charge in [0.15, 0.2) is 0 Å². The first kappa shape index (κ1) is 15.0. The molecule has 1 aliphatic rings. The molecule has 0 heterocycles. The highest BCUT2D eigenvalue weighted by atomic mass is 16.5. The molecule has 0 bridgehead atoms. The molecule has 0 aromatic heterocycles. The second-order valence-corrected chi connectivity index (χ2v) is 5.40. The molecule has 0 saturated heterocycles. The molecular weight excluding hydrogens is 230 g/mol. The van der Waals surface area contributed by atoms with Crippen LogP contribution >= 0.6 is 0 Å². The average Bonchev–Trinajstić information content (AvgIpc) is 2.36. The van der Waals surface area contributed by atoms with E-state index < -0.39 is 0 Å². The van der Waals surface area contributed by atoms with Gasteiger partial charge in [-0.05, 0) is 19.8 Å². The molecule has 0 radical (unpaired) electrons. The van der Waals surface area contributed by atoms with E-state index >= 15 is 0 Å². The van der Waals surface area contributed by atoms with Crippen molar-refractivity contribution in [3.8, 4) is 0 Å². The quantitative estimate of drug-likeness (QED) is 0.709. The van der Waals surface area contributed by atoms with Crippen molar-refractivity contribution in [3.05, 3.63) is 0 Å². The molecule has 0 spiro atoms. The van der Waals surface area contributed by atoms with Crippen molar-refractivity contribution >= 4 is 11.9 Å². The minimum absolute atomic E-state index is 0.173. The molecule has 0 aromatic rings. The zero-order valence-electron chi connectivity index (χ0n) is 11.8. The first-order valence-corrected chi connectivity index (χ1v) is 6.91. The number of hydrogen-bond acceptors (Lipinski definition) is 3. The molecular formula is C14H25NO3. The summed E-state index contributed by atoms with van der Waals surface area (Å²) in [7, 11) is 1.78. The van der Waals surface area contributed by atoms with E-state index in [2.05, 4.69) is 6.92 Å². The van der Waals surface area contributed by atoms with Crippen LogP contribution in [-0.2, 0) is 14.3 Å². The lowest BCUT2D eigenvalue weighted by Crippen LogP contribution is -2.42. The van der Waals surface area contributed by atoms with Crippen molar-refractivity contribution < 1.29 is 14.3 Å². The Balaban J connectivity index is 2.42. The summed E-state index contributed by atoms with van der Waals surface area (Å²) >= 11 is 0. The second-order valence-electron chi connectivity index (χ2n) is 5.40. The van der Waals surface area contributed by atoms with Gasteiger partial charge in [0, 0.05) is 19.0 Å². The van der Waals surface area contributed by atoms with Gasteiger partial charge < -0.3 is 9.64 Å². The van der Waals surface area contributed by atoms with E-state index in [9.17, 15) is 9.59 Å². The maximum Gasteiger partial charge on any atom is 0.307 e. The van der Waals surface area contributed by atoms with Crippen LogP contribution in [0.15, 0.2) is 0 Å². The highest BCUT2D eigenvalue weighted by Crippen LogP contribution is 2.37. The predicted octanol–water partition coefficient (Wildman–Crippen LogP) is 2.37. The van der Waals surface area contributed by atoms with E-state index in [4.69, 9.17) is 4.74 Å². The van der Waals surface area contributed by atoms with Gasteiger partial charge in [-0.1, -0.05) is 26.2 Å². The number of amides is 1. The van der Waals surface area contributed by atoms with E-state index in [-0.39, 0.29) is 23.7 Å². The third-order valence-corrected chi connectivity index (χ3v) is 3.78. The minimum Gasteiger partial charge on any atom is -0.466 e. The lowest BCUT2D eigenvalue weighted by Gasteiger charge is -2.35. The van der Waals surface area contributed by atoms with Crippen LogP contribution in [0.1, 0.15) is 52.4 Å². The van der Waals surface area contributed by atoms with Crippen LogP contribution in [0.25, 0.3) is 0 Å². The lowest BCUT2D eigenvalue weighted by atomic mass is 9.75. The first-order valence-electron chi connectivity index (χ1n) is 6.91. The third kappa shape index (κ3) is 4.00. The van der Waals surface area contributed by atoms with E-state index in [0.717, 1.165) is 25.7 Å². The van der Waals surface area contributed by atoms with E-state index in [1.165, 1.54) is 6.42 Å². The Bertz CT molecular complexity index is 295. The van der Waals surface area contributed by atoms with Gasteiger partial charge in [-0.3, -0.25) is 9.59 Å². The third-order valence-electron chi connectivity index (χ3n) is 3.78. The summed E-state index contributed by atoms with van der Waals surface area (Å²) in [6.07, 6.45) is 5.72. The predicted molar refractivity (Wildman–Crippen MR) is 70.1 cm³/mol. The van der Waals surface area contributed by atoms with Gasteiger partial charge in [-0.25, -0.2) is 0 Å². The lowest BCUT2D eigenvalue weighted by molar-refractivity contribution is -0.146. The average molecular weight is 255 g/mol. The monoisotopic (exact) mass is 255 g/mol. The molecule has 104 valence electrons. The van der Waals surface area contributed by atoms with Gasteiger partial charge in [-0.2, -0.15) is 0 Å². The highest BCUT2D eigenvalue weighted by Gasteiger charge is 2.36. The molecule has 1 saturated carbocycles. The zero-order chi connectivity index (χ0) is 13.6. The number of ether oxygens (including phenoxy) is 1. The summed E-state index contributed by atoms with van der Waals surface area (Å²) < 4.78 is 4.87. The number of hydrogen-bond donors (Lipinski definition) is 0. The van der Waals surface area contributed by atoms with Gasteiger partial charge in [0.05, 0.1) is 13.0 Å². The smallest absolute Gasteiger partial charge is 0.307 e. The van der Waals surface area contributed by atoms with Crippen LogP contribution in [-0.4, -0.2) is 37.0 Å². The molecule has 18 heavy (non-hydrogen) atoms. The van der Waals surface area contributed by atoms with Gasteiger partial charge in [0.25, 0.3) is 0 Å². The van der Waals surface area contributed by atoms with Crippen molar-refractivity contribution in [2.75, 3.05) is 20.2 Å². The zero-order valence-corrected chi connectivity index (χ0v) is 11.8. The normalized spacial score (nSPS) is 18.2. The molecule has 1 fully saturated rings. The Labute approximate surface area is 110 Å². The number of carbonyl (C=O) groups excluding carboxylic acids is 2. The van der Waals surface area contributed by atoms with Gasteiger partial charge in [0.2, 0.25) is 5.91 Å². The summed E-state index contributed by atoms with van der Waals surface area (Å²) in [6.45, 7) is 4.69. The Morgan fingerprint density at radius 3 is 2.39 bits per heavy atom. The van der Waals surface area contributed by atoms with Crippen LogP contribution in [0.3, 0.4) is 0 Å². The van der Waals surface area contributed by atoms with Crippen LogP contribution in [0.4, 0.5) is 0 Å². The number of nitrogens with zero attached hydrogens (tertiary/aromatic N) is 1. The van der Waals surface area contributed by atoms with Crippen molar-refractivity contribution in [2.45, 2.75) is 52.4 Å². The molecule has 0 unspecified atom stereocenters. The van der Waals surface area contributed by atoms with Crippen molar-refractivity contribution in [3.63, 3.8) is 0 Å². The summed E-state index contributed by atoms with van der Waals surface area (Å²) in [5.74, 6) is -0.0579. The largest absolute Gasteiger partial charge is 0.466 e. The summed E-state index contributed by atoms with van der Waals surface area (Å²) in [5.41, 5.74) is -0.221. The Morgan fingerprint density at radius 1 is 1.22 bits per heavy atom. The van der Waals surface area contributed by atoms with E-state index in [0.29, 0.717) is 13.2 Å². The van der Waals surface area contributed by atoms with E-state index in [1.807, 2.05) is 0 Å². The Hall–Kier alpha value is -1.06. The fourth-order valence-corrected chi connectivity index (χ4v) is 2.60. The molecule has 0 N–H and O–H groups in total. The number of esters is 1. The van der Waals surface area contributed by atoms with Gasteiger partial charge in [0.1, 0.15) is 0 Å². The van der Waals surface area contributed by atoms with E-state index in [1.54, 1.807) is 18.9 Å². The van der Waals surface area contributed by atoms with Gasteiger partial charge in [-0.15, -0.1) is 0 Å². The summed E-state index contributed by atoms with van der Waals surface area (Å²) in [6, 6.07) is 0. The molecule has 1 rings (SSSR count). The van der Waals surface area contributed by atoms with Crippen molar-refractivity contribution in [1.82, 2.24) is 4.90 Å². The Morgan fingerprint density at radius 2 is 1.83 bits per heavy atom. The highest BCUT2D eigenvalue weighted by molar-refractivity contribution is 5.82. The molecule has 1 amide bonds. The first-order chi connectivity index (χ1) is 8.49. The molecule has 0 aromatic carbocycles. The topological polar surface area (TPSA) is 46.6 Å². The second kappa shape index (κ2) is 6.76. The minimum atomic E-state index is -0.231. The van der Waals surface area contributed by atoms with Crippen LogP contribution in [0.5, 0.6) is 0 Å². The standard InChI is InChI=1S/C14H25NO3/c1-4-18-12(16)8-11-15(3)13(17)14(2)9-6-5-7-10-14/h4-11H2,1-3H3. The molecule has 1 aliphatic carbocycles. The fourth-order valence-electron chi connectivity index (χ4n) is 2.60. The number of rotatable bonds is 5. The maximum atomic E-state index is 12.4. The Kier molecular flexibility index (Phi) is 5.63. The molecule has 0 aliphatic heterocycles. The SMILES string of the molecule is CCOC(=O)CCN(C)C(=O)C1(C)CCCCC1.